The minimum Gasteiger partial charge on any atom is -0.494 e. The molecule has 8 heteroatoms. The van der Waals surface area contributed by atoms with Crippen LogP contribution < -0.4 is 20.2 Å². The van der Waals surface area contributed by atoms with Gasteiger partial charge in [-0.3, -0.25) is 9.59 Å². The molecule has 0 fully saturated rings. The number of carbonyl (C=O) groups excluding carboxylic acids is 2. The number of ether oxygens (including phenoxy) is 2. The van der Waals surface area contributed by atoms with E-state index in [1.807, 2.05) is 55.5 Å². The van der Waals surface area contributed by atoms with Crippen LogP contribution in [0.4, 0.5) is 5.69 Å². The molecule has 3 aromatic carbocycles. The second-order valence-corrected chi connectivity index (χ2v) is 7.69. The maximum atomic E-state index is 12.1. The lowest BCUT2D eigenvalue weighted by atomic mass is 10.2. The molecule has 3 aromatic rings. The van der Waals surface area contributed by atoms with E-state index in [-0.39, 0.29) is 24.7 Å². The highest BCUT2D eigenvalue weighted by molar-refractivity contribution is 6.30. The normalized spacial score (nSPS) is 10.6. The zero-order chi connectivity index (χ0) is 24.2. The zero-order valence-electron chi connectivity index (χ0n) is 18.8. The molecule has 0 aliphatic heterocycles. The van der Waals surface area contributed by atoms with E-state index >= 15 is 0 Å². The largest absolute Gasteiger partial charge is 0.494 e. The van der Waals surface area contributed by atoms with Crippen molar-refractivity contribution in [2.24, 2.45) is 5.10 Å². The Labute approximate surface area is 203 Å². The van der Waals surface area contributed by atoms with E-state index in [9.17, 15) is 9.59 Å². The molecule has 3 rings (SSSR count). The third-order valence-corrected chi connectivity index (χ3v) is 4.90. The first kappa shape index (κ1) is 24.8. The average Bonchev–Trinajstić information content (AvgIpc) is 2.84. The van der Waals surface area contributed by atoms with E-state index in [0.717, 1.165) is 11.3 Å². The highest BCUT2D eigenvalue weighted by Crippen LogP contribution is 2.19. The fourth-order valence-corrected chi connectivity index (χ4v) is 3.07. The fraction of sp³-hybridized carbons (Fsp3) is 0.192. The van der Waals surface area contributed by atoms with Crippen molar-refractivity contribution in [1.29, 1.82) is 0 Å². The summed E-state index contributed by atoms with van der Waals surface area (Å²) in [6.45, 7) is 2.85. The Hall–Kier alpha value is -3.84. The van der Waals surface area contributed by atoms with Crippen molar-refractivity contribution in [3.8, 4) is 11.5 Å². The zero-order valence-corrected chi connectivity index (χ0v) is 19.5. The van der Waals surface area contributed by atoms with E-state index in [1.54, 1.807) is 24.3 Å². The molecule has 0 unspecified atom stereocenters. The lowest BCUT2D eigenvalue weighted by Gasteiger charge is -2.09. The molecule has 0 heterocycles. The van der Waals surface area contributed by atoms with Crippen molar-refractivity contribution in [3.05, 3.63) is 88.9 Å². The number of rotatable bonds is 11. The molecule has 0 aromatic heterocycles. The van der Waals surface area contributed by atoms with Crippen molar-refractivity contribution in [2.45, 2.75) is 26.4 Å². The van der Waals surface area contributed by atoms with Crippen LogP contribution >= 0.6 is 11.6 Å². The van der Waals surface area contributed by atoms with Gasteiger partial charge in [-0.2, -0.15) is 5.10 Å². The highest BCUT2D eigenvalue weighted by atomic mass is 35.5. The van der Waals surface area contributed by atoms with Crippen molar-refractivity contribution in [3.63, 3.8) is 0 Å². The Morgan fingerprint density at radius 3 is 2.35 bits per heavy atom. The SMILES string of the molecule is CCOc1ccc(NC(=O)CCC(=O)NN=Cc2ccccc2OCc2ccc(Cl)cc2)cc1. The monoisotopic (exact) mass is 479 g/mol. The number of nitrogens with one attached hydrogen (secondary N) is 2. The van der Waals surface area contributed by atoms with Crippen LogP contribution in [0.25, 0.3) is 0 Å². The Morgan fingerprint density at radius 2 is 1.62 bits per heavy atom. The minimum absolute atomic E-state index is 0.00885. The number of hydrogen-bond acceptors (Lipinski definition) is 5. The summed E-state index contributed by atoms with van der Waals surface area (Å²) < 4.78 is 11.2. The topological polar surface area (TPSA) is 89.0 Å². The molecule has 0 bridgehead atoms. The molecule has 2 N–H and O–H groups in total. The van der Waals surface area contributed by atoms with Crippen LogP contribution in [0.15, 0.2) is 77.9 Å². The number of halogens is 1. The van der Waals surface area contributed by atoms with Crippen LogP contribution in [0, 0.1) is 0 Å². The summed E-state index contributed by atoms with van der Waals surface area (Å²) >= 11 is 5.91. The molecule has 0 atom stereocenters. The summed E-state index contributed by atoms with van der Waals surface area (Å²) in [5.41, 5.74) is 4.78. The second kappa shape index (κ2) is 13.0. The van der Waals surface area contributed by atoms with Gasteiger partial charge in [0, 0.05) is 29.1 Å². The van der Waals surface area contributed by atoms with E-state index in [0.29, 0.717) is 35.2 Å². The van der Waals surface area contributed by atoms with Gasteiger partial charge in [0.05, 0.1) is 12.8 Å². The van der Waals surface area contributed by atoms with E-state index in [1.165, 1.54) is 6.21 Å². The molecule has 2 amide bonds. The molecule has 7 nitrogen and oxygen atoms in total. The predicted molar refractivity (Wildman–Crippen MR) is 133 cm³/mol. The van der Waals surface area contributed by atoms with Gasteiger partial charge < -0.3 is 14.8 Å². The number of nitrogens with zero attached hydrogens (tertiary/aromatic N) is 1. The Bertz CT molecular complexity index is 1120. The van der Waals surface area contributed by atoms with Crippen molar-refractivity contribution in [2.75, 3.05) is 11.9 Å². The molecule has 34 heavy (non-hydrogen) atoms. The van der Waals surface area contributed by atoms with Crippen LogP contribution in [-0.4, -0.2) is 24.6 Å². The number of amides is 2. The number of hydrazone groups is 1. The van der Waals surface area contributed by atoms with Gasteiger partial charge in [0.15, 0.2) is 0 Å². The van der Waals surface area contributed by atoms with Crippen LogP contribution in [-0.2, 0) is 16.2 Å². The second-order valence-electron chi connectivity index (χ2n) is 7.25. The molecule has 0 aliphatic carbocycles. The van der Waals surface area contributed by atoms with Gasteiger partial charge in [-0.1, -0.05) is 35.9 Å². The van der Waals surface area contributed by atoms with Gasteiger partial charge >= 0.3 is 0 Å². The van der Waals surface area contributed by atoms with Crippen molar-refractivity contribution >= 4 is 35.3 Å². The number of benzene rings is 3. The molecule has 0 radical (unpaired) electrons. The highest BCUT2D eigenvalue weighted by Gasteiger charge is 2.07. The minimum atomic E-state index is -0.363. The van der Waals surface area contributed by atoms with Gasteiger partial charge in [0.25, 0.3) is 0 Å². The molecule has 0 spiro atoms. The van der Waals surface area contributed by atoms with E-state index in [4.69, 9.17) is 21.1 Å². The Morgan fingerprint density at radius 1 is 0.912 bits per heavy atom. The summed E-state index contributed by atoms with van der Waals surface area (Å²) in [6.07, 6.45) is 1.55. The summed E-state index contributed by atoms with van der Waals surface area (Å²) in [7, 11) is 0. The van der Waals surface area contributed by atoms with E-state index < -0.39 is 0 Å². The molecule has 0 saturated carbocycles. The quantitative estimate of drug-likeness (QED) is 0.292. The molecular formula is C26H26ClN3O4. The first-order chi connectivity index (χ1) is 16.5. The van der Waals surface area contributed by atoms with Crippen LogP contribution in [0.2, 0.25) is 5.02 Å². The Balaban J connectivity index is 1.43. The van der Waals surface area contributed by atoms with Crippen LogP contribution in [0.5, 0.6) is 11.5 Å². The number of hydrogen-bond donors (Lipinski definition) is 2. The summed E-state index contributed by atoms with van der Waals surface area (Å²) in [5, 5.41) is 7.41. The fourth-order valence-electron chi connectivity index (χ4n) is 2.94. The maximum absolute atomic E-state index is 12.1. The number of anilines is 1. The number of para-hydroxylation sites is 1. The first-order valence-corrected chi connectivity index (χ1v) is 11.2. The molecule has 0 saturated heterocycles. The predicted octanol–water partition coefficient (Wildman–Crippen LogP) is 5.19. The van der Waals surface area contributed by atoms with Crippen molar-refractivity contribution < 1.29 is 19.1 Å². The molecule has 0 aliphatic rings. The van der Waals surface area contributed by atoms with E-state index in [2.05, 4.69) is 15.8 Å². The standard InChI is InChI=1S/C26H26ClN3O4/c1-2-33-23-13-11-22(12-14-23)29-25(31)15-16-26(32)30-28-17-20-5-3-4-6-24(20)34-18-19-7-9-21(27)10-8-19/h3-14,17H,2,15-16,18H2,1H3,(H,29,31)(H,30,32). The smallest absolute Gasteiger partial charge is 0.240 e. The lowest BCUT2D eigenvalue weighted by molar-refractivity contribution is -0.124. The third kappa shape index (κ3) is 8.26. The van der Waals surface area contributed by atoms with Gasteiger partial charge in [-0.05, 0) is 61.0 Å². The first-order valence-electron chi connectivity index (χ1n) is 10.8. The van der Waals surface area contributed by atoms with Gasteiger partial charge in [-0.25, -0.2) is 5.43 Å². The lowest BCUT2D eigenvalue weighted by Crippen LogP contribution is -2.20. The summed E-state index contributed by atoms with van der Waals surface area (Å²) in [5.74, 6) is 0.738. The van der Waals surface area contributed by atoms with Crippen molar-refractivity contribution in [1.82, 2.24) is 5.43 Å². The maximum Gasteiger partial charge on any atom is 0.240 e. The van der Waals surface area contributed by atoms with Crippen LogP contribution in [0.3, 0.4) is 0 Å². The third-order valence-electron chi connectivity index (χ3n) is 4.65. The van der Waals surface area contributed by atoms with Gasteiger partial charge in [-0.15, -0.1) is 0 Å². The van der Waals surface area contributed by atoms with Crippen LogP contribution in [0.1, 0.15) is 30.9 Å². The molecule has 176 valence electrons. The summed E-state index contributed by atoms with van der Waals surface area (Å²) in [4.78, 5) is 24.2. The average molecular weight is 480 g/mol. The summed E-state index contributed by atoms with van der Waals surface area (Å²) in [6, 6.07) is 21.8. The van der Waals surface area contributed by atoms with Gasteiger partial charge in [0.1, 0.15) is 18.1 Å². The van der Waals surface area contributed by atoms with Gasteiger partial charge in [0.2, 0.25) is 11.8 Å². The Kier molecular flexibility index (Phi) is 9.49. The molecular weight excluding hydrogens is 454 g/mol. The number of carbonyl (C=O) groups is 2.